The Morgan fingerprint density at radius 1 is 1.12 bits per heavy atom. The fourth-order valence-electron chi connectivity index (χ4n) is 3.21. The summed E-state index contributed by atoms with van der Waals surface area (Å²) >= 11 is 0. The highest BCUT2D eigenvalue weighted by Gasteiger charge is 2.23. The number of hydrogen-bond donors (Lipinski definition) is 1. The van der Waals surface area contributed by atoms with Gasteiger partial charge in [-0.2, -0.15) is 4.98 Å². The highest BCUT2D eigenvalue weighted by molar-refractivity contribution is 5.95. The fraction of sp³-hybridized carbons (Fsp3) is 0.421. The second kappa shape index (κ2) is 6.99. The Hall–Kier alpha value is -2.43. The highest BCUT2D eigenvalue weighted by atomic mass is 16.2. The van der Waals surface area contributed by atoms with Crippen LogP contribution >= 0.6 is 0 Å². The summed E-state index contributed by atoms with van der Waals surface area (Å²) in [6.07, 6.45) is 0.515. The Morgan fingerprint density at radius 3 is 2.21 bits per heavy atom. The van der Waals surface area contributed by atoms with Crippen LogP contribution in [0.15, 0.2) is 23.0 Å². The van der Waals surface area contributed by atoms with Crippen molar-refractivity contribution in [3.05, 3.63) is 56.8 Å². The zero-order valence-corrected chi connectivity index (χ0v) is 15.2. The molecule has 1 heterocycles. The molecule has 1 amide bonds. The van der Waals surface area contributed by atoms with Crippen molar-refractivity contribution >= 4 is 11.6 Å². The van der Waals surface area contributed by atoms with E-state index in [9.17, 15) is 9.59 Å². The van der Waals surface area contributed by atoms with Crippen molar-refractivity contribution < 1.29 is 4.79 Å². The number of benzene rings is 1. The maximum Gasteiger partial charge on any atom is 0.348 e. The van der Waals surface area contributed by atoms with Crippen LogP contribution < -0.4 is 11.0 Å². The van der Waals surface area contributed by atoms with Crippen LogP contribution in [0.4, 0.5) is 5.69 Å². The van der Waals surface area contributed by atoms with Gasteiger partial charge in [-0.1, -0.05) is 24.6 Å². The Morgan fingerprint density at radius 2 is 1.71 bits per heavy atom. The molecule has 1 aromatic carbocycles. The van der Waals surface area contributed by atoms with Crippen molar-refractivity contribution in [2.45, 2.75) is 54.0 Å². The molecule has 1 atom stereocenters. The van der Waals surface area contributed by atoms with Crippen molar-refractivity contribution in [1.82, 2.24) is 9.55 Å². The molecule has 24 heavy (non-hydrogen) atoms. The van der Waals surface area contributed by atoms with E-state index in [1.54, 1.807) is 6.92 Å². The maximum atomic E-state index is 12.8. The number of nitrogens with zero attached hydrogens (tertiary/aromatic N) is 2. The predicted molar refractivity (Wildman–Crippen MR) is 96.6 cm³/mol. The molecule has 2 rings (SSSR count). The topological polar surface area (TPSA) is 64.0 Å². The van der Waals surface area contributed by atoms with Gasteiger partial charge in [-0.25, -0.2) is 4.79 Å². The average molecular weight is 327 g/mol. The van der Waals surface area contributed by atoms with Crippen LogP contribution in [0.25, 0.3) is 0 Å². The Balaban J connectivity index is 2.40. The minimum Gasteiger partial charge on any atom is -0.324 e. The molecule has 0 aliphatic rings. The van der Waals surface area contributed by atoms with Crippen molar-refractivity contribution in [3.8, 4) is 0 Å². The molecule has 0 aliphatic carbocycles. The van der Waals surface area contributed by atoms with E-state index < -0.39 is 6.04 Å². The van der Waals surface area contributed by atoms with E-state index in [0.29, 0.717) is 12.1 Å². The first-order chi connectivity index (χ1) is 11.2. The van der Waals surface area contributed by atoms with E-state index in [4.69, 9.17) is 0 Å². The van der Waals surface area contributed by atoms with E-state index in [2.05, 4.69) is 10.3 Å². The van der Waals surface area contributed by atoms with Gasteiger partial charge in [-0.15, -0.1) is 0 Å². The molecule has 0 fully saturated rings. The predicted octanol–water partition coefficient (Wildman–Crippen LogP) is 3.38. The molecule has 0 bridgehead atoms. The van der Waals surface area contributed by atoms with Gasteiger partial charge in [-0.05, 0) is 58.2 Å². The summed E-state index contributed by atoms with van der Waals surface area (Å²) < 4.78 is 1.47. The van der Waals surface area contributed by atoms with Crippen LogP contribution in [0, 0.1) is 34.6 Å². The minimum absolute atomic E-state index is 0.191. The van der Waals surface area contributed by atoms with Gasteiger partial charge >= 0.3 is 5.69 Å². The number of aromatic nitrogens is 2. The summed E-state index contributed by atoms with van der Waals surface area (Å²) in [6.45, 7) is 11.5. The summed E-state index contributed by atoms with van der Waals surface area (Å²) in [7, 11) is 0. The average Bonchev–Trinajstić information content (AvgIpc) is 2.46. The lowest BCUT2D eigenvalue weighted by Gasteiger charge is -2.21. The van der Waals surface area contributed by atoms with Crippen molar-refractivity contribution in [2.24, 2.45) is 0 Å². The first-order valence-corrected chi connectivity index (χ1v) is 8.20. The molecule has 2 aromatic rings. The van der Waals surface area contributed by atoms with Crippen LogP contribution in [-0.4, -0.2) is 15.5 Å². The molecule has 0 spiro atoms. The summed E-state index contributed by atoms with van der Waals surface area (Å²) in [6, 6.07) is 5.31. The second-order valence-electron chi connectivity index (χ2n) is 6.38. The first-order valence-electron chi connectivity index (χ1n) is 8.20. The summed E-state index contributed by atoms with van der Waals surface area (Å²) in [5.41, 5.74) is 5.02. The van der Waals surface area contributed by atoms with Crippen molar-refractivity contribution in [3.63, 3.8) is 0 Å². The number of carbonyl (C=O) groups excluding carboxylic acids is 1. The number of aryl methyl sites for hydroxylation is 5. The molecule has 128 valence electrons. The van der Waals surface area contributed by atoms with Gasteiger partial charge < -0.3 is 5.32 Å². The number of carbonyl (C=O) groups is 1. The quantitative estimate of drug-likeness (QED) is 0.936. The third-order valence-corrected chi connectivity index (χ3v) is 4.20. The molecule has 1 unspecified atom stereocenters. The van der Waals surface area contributed by atoms with Gasteiger partial charge in [0.15, 0.2) is 0 Å². The lowest BCUT2D eigenvalue weighted by Crippen LogP contribution is -2.36. The van der Waals surface area contributed by atoms with Gasteiger partial charge in [0.1, 0.15) is 6.04 Å². The fourth-order valence-corrected chi connectivity index (χ4v) is 3.21. The molecule has 0 radical (unpaired) electrons. The van der Waals surface area contributed by atoms with E-state index in [-0.39, 0.29) is 11.6 Å². The standard InChI is InChI=1S/C19H25N3O2/c1-7-16(22-15(6)10-14(5)20-19(22)24)18(23)21-17-12(3)8-11(2)9-13(17)4/h8-10,16H,7H2,1-6H3,(H,21,23). The third kappa shape index (κ3) is 3.55. The van der Waals surface area contributed by atoms with Gasteiger partial charge in [0, 0.05) is 17.1 Å². The van der Waals surface area contributed by atoms with Crippen LogP contribution in [0.5, 0.6) is 0 Å². The molecule has 5 nitrogen and oxygen atoms in total. The number of nitrogens with one attached hydrogen (secondary N) is 1. The normalized spacial score (nSPS) is 12.1. The monoisotopic (exact) mass is 327 g/mol. The van der Waals surface area contributed by atoms with Crippen LogP contribution in [-0.2, 0) is 4.79 Å². The zero-order valence-electron chi connectivity index (χ0n) is 15.2. The Labute approximate surface area is 142 Å². The minimum atomic E-state index is -0.578. The largest absolute Gasteiger partial charge is 0.348 e. The summed E-state index contributed by atoms with van der Waals surface area (Å²) in [4.78, 5) is 29.1. The SMILES string of the molecule is CCC(C(=O)Nc1c(C)cc(C)cc1C)n1c(C)cc(C)nc1=O. The van der Waals surface area contributed by atoms with Gasteiger partial charge in [0.05, 0.1) is 0 Å². The smallest absolute Gasteiger partial charge is 0.324 e. The van der Waals surface area contributed by atoms with E-state index in [0.717, 1.165) is 28.1 Å². The lowest BCUT2D eigenvalue weighted by atomic mass is 10.0. The number of amides is 1. The zero-order chi connectivity index (χ0) is 18.0. The molecule has 0 saturated carbocycles. The number of hydrogen-bond acceptors (Lipinski definition) is 3. The molecule has 1 N–H and O–H groups in total. The highest BCUT2D eigenvalue weighted by Crippen LogP contribution is 2.24. The van der Waals surface area contributed by atoms with Gasteiger partial charge in [0.2, 0.25) is 5.91 Å². The van der Waals surface area contributed by atoms with Crippen molar-refractivity contribution in [2.75, 3.05) is 5.32 Å². The van der Waals surface area contributed by atoms with Gasteiger partial charge in [0.25, 0.3) is 0 Å². The Bertz CT molecular complexity index is 814. The van der Waals surface area contributed by atoms with Crippen molar-refractivity contribution in [1.29, 1.82) is 0 Å². The lowest BCUT2D eigenvalue weighted by molar-refractivity contribution is -0.119. The summed E-state index contributed by atoms with van der Waals surface area (Å²) in [5, 5.41) is 3.00. The molecular formula is C19H25N3O2. The van der Waals surface area contributed by atoms with E-state index in [1.165, 1.54) is 4.57 Å². The number of anilines is 1. The molecule has 5 heteroatoms. The first kappa shape index (κ1) is 17.9. The van der Waals surface area contributed by atoms with Crippen LogP contribution in [0.1, 0.15) is 47.5 Å². The van der Waals surface area contributed by atoms with E-state index >= 15 is 0 Å². The maximum absolute atomic E-state index is 12.8. The molecule has 0 aliphatic heterocycles. The van der Waals surface area contributed by atoms with Crippen LogP contribution in [0.2, 0.25) is 0 Å². The number of rotatable bonds is 4. The molecule has 1 aromatic heterocycles. The second-order valence-corrected chi connectivity index (χ2v) is 6.38. The molecular weight excluding hydrogens is 302 g/mol. The Kier molecular flexibility index (Phi) is 5.22. The summed E-state index contributed by atoms with van der Waals surface area (Å²) in [5.74, 6) is -0.191. The van der Waals surface area contributed by atoms with Gasteiger partial charge in [-0.3, -0.25) is 9.36 Å². The third-order valence-electron chi connectivity index (χ3n) is 4.20. The van der Waals surface area contributed by atoms with E-state index in [1.807, 2.05) is 52.8 Å². The molecule has 0 saturated heterocycles. The van der Waals surface area contributed by atoms with Crippen LogP contribution in [0.3, 0.4) is 0 Å².